The highest BCUT2D eigenvalue weighted by molar-refractivity contribution is 6.01. The van der Waals surface area contributed by atoms with Crippen molar-refractivity contribution in [3.8, 4) is 0 Å². The molecule has 1 amide bonds. The minimum atomic E-state index is -0.579. The highest BCUT2D eigenvalue weighted by Crippen LogP contribution is 2.24. The molecule has 8 nitrogen and oxygen atoms in total. The lowest BCUT2D eigenvalue weighted by Gasteiger charge is -2.05. The van der Waals surface area contributed by atoms with E-state index in [9.17, 15) is 19.3 Å². The fraction of sp³-hybridized carbons (Fsp3) is 0.0400. The second kappa shape index (κ2) is 8.62. The highest BCUT2D eigenvalue weighted by Gasteiger charge is 2.15. The molecule has 0 bridgehead atoms. The van der Waals surface area contributed by atoms with Crippen molar-refractivity contribution in [3.05, 3.63) is 112 Å². The maximum Gasteiger partial charge on any atom is 0.307 e. The number of carbonyl (C=O) groups is 1. The van der Waals surface area contributed by atoms with Crippen LogP contribution in [0.15, 0.2) is 88.5 Å². The molecule has 0 spiro atoms. The van der Waals surface area contributed by atoms with Gasteiger partial charge in [-0.15, -0.1) is 0 Å². The van der Waals surface area contributed by atoms with Crippen molar-refractivity contribution in [1.29, 1.82) is 0 Å². The standard InChI is InChI=1S/C25H17FN4O4/c26-19-7-5-16(6-8-19)14-29-15-18(21-3-1-2-4-22(21)29)13-27-28-25(31)24-12-17-11-20(30(32)33)9-10-23(17)34-24/h1-13,15H,14H2,(H,28,31)/b27-13+. The van der Waals surface area contributed by atoms with Gasteiger partial charge in [-0.25, -0.2) is 9.82 Å². The van der Waals surface area contributed by atoms with Crippen LogP contribution in [-0.4, -0.2) is 21.6 Å². The van der Waals surface area contributed by atoms with Crippen molar-refractivity contribution in [1.82, 2.24) is 9.99 Å². The number of hydrogen-bond donors (Lipinski definition) is 1. The Hall–Kier alpha value is -4.79. The van der Waals surface area contributed by atoms with Gasteiger partial charge in [0.25, 0.3) is 5.69 Å². The fourth-order valence-corrected chi connectivity index (χ4v) is 3.77. The lowest BCUT2D eigenvalue weighted by Crippen LogP contribution is -2.16. The summed E-state index contributed by atoms with van der Waals surface area (Å²) >= 11 is 0. The molecular formula is C25H17FN4O4. The fourth-order valence-electron chi connectivity index (χ4n) is 3.77. The molecule has 2 heterocycles. The number of halogens is 1. The summed E-state index contributed by atoms with van der Waals surface area (Å²) in [6.07, 6.45) is 3.44. The molecule has 0 unspecified atom stereocenters. The van der Waals surface area contributed by atoms with E-state index in [1.54, 1.807) is 12.1 Å². The van der Waals surface area contributed by atoms with Gasteiger partial charge < -0.3 is 8.98 Å². The van der Waals surface area contributed by atoms with Crippen molar-refractivity contribution < 1.29 is 18.5 Å². The Morgan fingerprint density at radius 3 is 2.71 bits per heavy atom. The Bertz CT molecular complexity index is 1570. The quantitative estimate of drug-likeness (QED) is 0.214. The number of benzene rings is 3. The number of rotatable bonds is 6. The topological polar surface area (TPSA) is 103 Å². The van der Waals surface area contributed by atoms with Gasteiger partial charge in [-0.3, -0.25) is 14.9 Å². The lowest BCUT2D eigenvalue weighted by atomic mass is 10.2. The number of para-hydroxylation sites is 1. The Kier molecular flexibility index (Phi) is 5.35. The zero-order valence-corrected chi connectivity index (χ0v) is 17.6. The van der Waals surface area contributed by atoms with Crippen LogP contribution in [0.25, 0.3) is 21.9 Å². The average molecular weight is 456 g/mol. The summed E-state index contributed by atoms with van der Waals surface area (Å²) in [7, 11) is 0. The number of nitrogens with one attached hydrogen (secondary N) is 1. The third-order valence-corrected chi connectivity index (χ3v) is 5.39. The third kappa shape index (κ3) is 4.14. The molecule has 0 saturated carbocycles. The first-order valence-electron chi connectivity index (χ1n) is 10.3. The van der Waals surface area contributed by atoms with E-state index in [1.165, 1.54) is 42.6 Å². The predicted molar refractivity (Wildman–Crippen MR) is 125 cm³/mol. The zero-order chi connectivity index (χ0) is 23.7. The predicted octanol–water partition coefficient (Wildman–Crippen LogP) is 5.25. The average Bonchev–Trinajstić information content (AvgIpc) is 3.42. The summed E-state index contributed by atoms with van der Waals surface area (Å²) in [6.45, 7) is 0.548. The minimum absolute atomic E-state index is 0.00798. The van der Waals surface area contributed by atoms with Gasteiger partial charge in [0.1, 0.15) is 11.4 Å². The van der Waals surface area contributed by atoms with Crippen LogP contribution in [0.3, 0.4) is 0 Å². The second-order valence-electron chi connectivity index (χ2n) is 7.64. The number of nitro benzene ring substituents is 1. The zero-order valence-electron chi connectivity index (χ0n) is 17.6. The van der Waals surface area contributed by atoms with Crippen molar-refractivity contribution in [2.75, 3.05) is 0 Å². The largest absolute Gasteiger partial charge is 0.451 e. The van der Waals surface area contributed by atoms with Crippen LogP contribution in [0, 0.1) is 15.9 Å². The number of carbonyl (C=O) groups excluding carboxylic acids is 1. The second-order valence-corrected chi connectivity index (χ2v) is 7.64. The van der Waals surface area contributed by atoms with Crippen molar-refractivity contribution in [2.45, 2.75) is 6.54 Å². The number of hydrogen-bond acceptors (Lipinski definition) is 5. The van der Waals surface area contributed by atoms with Crippen molar-refractivity contribution in [2.24, 2.45) is 5.10 Å². The number of furan rings is 1. The molecule has 0 fully saturated rings. The van der Waals surface area contributed by atoms with Gasteiger partial charge in [0, 0.05) is 46.7 Å². The molecular weight excluding hydrogens is 439 g/mol. The van der Waals surface area contributed by atoms with Gasteiger partial charge in [0.2, 0.25) is 0 Å². The maximum atomic E-state index is 13.2. The van der Waals surface area contributed by atoms with E-state index >= 15 is 0 Å². The Balaban J connectivity index is 1.36. The lowest BCUT2D eigenvalue weighted by molar-refractivity contribution is -0.384. The van der Waals surface area contributed by atoms with Crippen LogP contribution < -0.4 is 5.43 Å². The molecule has 168 valence electrons. The SMILES string of the molecule is O=C(N/N=C/c1cn(Cc2ccc(F)cc2)c2ccccc12)c1cc2cc([N+](=O)[O-])ccc2o1. The van der Waals surface area contributed by atoms with E-state index in [0.29, 0.717) is 17.5 Å². The number of aromatic nitrogens is 1. The Labute approximate surface area is 192 Å². The number of nitrogens with zero attached hydrogens (tertiary/aromatic N) is 3. The van der Waals surface area contributed by atoms with Gasteiger partial charge in [0.15, 0.2) is 5.76 Å². The summed E-state index contributed by atoms with van der Waals surface area (Å²) in [5, 5.41) is 16.4. The first-order valence-corrected chi connectivity index (χ1v) is 10.3. The van der Waals surface area contributed by atoms with E-state index in [2.05, 4.69) is 10.5 Å². The molecule has 0 atom stereocenters. The van der Waals surface area contributed by atoms with Crippen LogP contribution in [0.2, 0.25) is 0 Å². The smallest absolute Gasteiger partial charge is 0.307 e. The molecule has 0 radical (unpaired) electrons. The van der Waals surface area contributed by atoms with Crippen LogP contribution in [0.5, 0.6) is 0 Å². The summed E-state index contributed by atoms with van der Waals surface area (Å²) in [4.78, 5) is 22.9. The molecule has 5 aromatic rings. The first kappa shape index (κ1) is 21.1. The van der Waals surface area contributed by atoms with E-state index in [4.69, 9.17) is 4.42 Å². The minimum Gasteiger partial charge on any atom is -0.451 e. The van der Waals surface area contributed by atoms with Crippen LogP contribution in [-0.2, 0) is 6.54 Å². The van der Waals surface area contributed by atoms with Crippen molar-refractivity contribution in [3.63, 3.8) is 0 Å². The van der Waals surface area contributed by atoms with E-state index in [1.807, 2.05) is 35.0 Å². The molecule has 0 aliphatic rings. The van der Waals surface area contributed by atoms with E-state index < -0.39 is 10.8 Å². The Morgan fingerprint density at radius 1 is 1.12 bits per heavy atom. The Morgan fingerprint density at radius 2 is 1.91 bits per heavy atom. The van der Waals surface area contributed by atoms with Gasteiger partial charge in [-0.05, 0) is 35.9 Å². The molecule has 1 N–H and O–H groups in total. The molecule has 0 saturated heterocycles. The summed E-state index contributed by atoms with van der Waals surface area (Å²) < 4.78 is 20.7. The molecule has 34 heavy (non-hydrogen) atoms. The van der Waals surface area contributed by atoms with Crippen molar-refractivity contribution >= 4 is 39.7 Å². The monoisotopic (exact) mass is 456 g/mol. The van der Waals surface area contributed by atoms with Crippen LogP contribution >= 0.6 is 0 Å². The van der Waals surface area contributed by atoms with Gasteiger partial charge in [-0.2, -0.15) is 5.10 Å². The molecule has 3 aromatic carbocycles. The normalized spacial score (nSPS) is 11.4. The third-order valence-electron chi connectivity index (χ3n) is 5.39. The highest BCUT2D eigenvalue weighted by atomic mass is 19.1. The number of nitro groups is 1. The molecule has 2 aromatic heterocycles. The number of amides is 1. The number of fused-ring (bicyclic) bond motifs is 2. The van der Waals surface area contributed by atoms with Crippen LogP contribution in [0.4, 0.5) is 10.1 Å². The molecule has 0 aliphatic heterocycles. The van der Waals surface area contributed by atoms with Gasteiger partial charge in [-0.1, -0.05) is 30.3 Å². The number of non-ortho nitro benzene ring substituents is 1. The summed E-state index contributed by atoms with van der Waals surface area (Å²) in [6, 6.07) is 19.6. The number of hydrazone groups is 1. The molecule has 0 aliphatic carbocycles. The van der Waals surface area contributed by atoms with Crippen LogP contribution in [0.1, 0.15) is 21.7 Å². The summed E-state index contributed by atoms with van der Waals surface area (Å²) in [5.74, 6) is -0.871. The summed E-state index contributed by atoms with van der Waals surface area (Å²) in [5.41, 5.74) is 5.41. The molecule has 9 heteroatoms. The first-order chi connectivity index (χ1) is 16.5. The maximum absolute atomic E-state index is 13.2. The van der Waals surface area contributed by atoms with E-state index in [-0.39, 0.29) is 17.3 Å². The molecule has 5 rings (SSSR count). The van der Waals surface area contributed by atoms with Gasteiger partial charge in [0.05, 0.1) is 11.1 Å². The van der Waals surface area contributed by atoms with E-state index in [0.717, 1.165) is 22.0 Å². The van der Waals surface area contributed by atoms with Gasteiger partial charge >= 0.3 is 5.91 Å².